The molecule has 0 saturated carbocycles. The number of nitrogens with one attached hydrogen (secondary N) is 2. The van der Waals surface area contributed by atoms with Gasteiger partial charge >= 0.3 is 0 Å². The summed E-state index contributed by atoms with van der Waals surface area (Å²) in [7, 11) is 0. The Morgan fingerprint density at radius 1 is 1.14 bits per heavy atom. The van der Waals surface area contributed by atoms with Crippen LogP contribution in [0.15, 0.2) is 34.9 Å². The Morgan fingerprint density at radius 2 is 1.83 bits per heavy atom. The summed E-state index contributed by atoms with van der Waals surface area (Å²) >= 11 is 0. The summed E-state index contributed by atoms with van der Waals surface area (Å²) in [5.41, 5.74) is 1.13. The van der Waals surface area contributed by atoms with Gasteiger partial charge in [-0.05, 0) is 58.4 Å². The van der Waals surface area contributed by atoms with Gasteiger partial charge in [0.2, 0.25) is 5.91 Å². The number of fused-ring (bicyclic) bond motifs is 3. The average Bonchev–Trinajstić information content (AvgIpc) is 3.16. The Morgan fingerprint density at radius 3 is 2.52 bits per heavy atom. The van der Waals surface area contributed by atoms with Crippen LogP contribution in [0.4, 0.5) is 0 Å². The molecule has 0 radical (unpaired) electrons. The highest BCUT2D eigenvalue weighted by Gasteiger charge is 2.41. The van der Waals surface area contributed by atoms with Crippen LogP contribution >= 0.6 is 0 Å². The van der Waals surface area contributed by atoms with E-state index in [1.165, 1.54) is 0 Å². The zero-order valence-electron chi connectivity index (χ0n) is 17.5. The normalized spacial score (nSPS) is 24.6. The second kappa shape index (κ2) is 7.82. The van der Waals surface area contributed by atoms with Crippen LogP contribution in [0.25, 0.3) is 11.0 Å². The number of hydrogen-bond donors (Lipinski definition) is 2. The molecule has 29 heavy (non-hydrogen) atoms. The highest BCUT2D eigenvalue weighted by atomic mass is 16.3. The van der Waals surface area contributed by atoms with Crippen molar-refractivity contribution in [3.63, 3.8) is 0 Å². The lowest BCUT2D eigenvalue weighted by Gasteiger charge is -2.39. The van der Waals surface area contributed by atoms with E-state index in [2.05, 4.69) is 15.5 Å². The van der Waals surface area contributed by atoms with Gasteiger partial charge in [0.05, 0.1) is 12.1 Å². The van der Waals surface area contributed by atoms with Gasteiger partial charge in [-0.25, -0.2) is 0 Å². The van der Waals surface area contributed by atoms with Crippen molar-refractivity contribution in [2.45, 2.75) is 64.1 Å². The molecule has 1 aromatic carbocycles. The van der Waals surface area contributed by atoms with Crippen LogP contribution < -0.4 is 10.6 Å². The quantitative estimate of drug-likeness (QED) is 0.812. The number of rotatable bonds is 5. The molecule has 2 bridgehead atoms. The summed E-state index contributed by atoms with van der Waals surface area (Å²) in [4.78, 5) is 27.4. The van der Waals surface area contributed by atoms with E-state index in [9.17, 15) is 9.59 Å². The summed E-state index contributed by atoms with van der Waals surface area (Å²) in [6, 6.07) is 8.48. The molecular formula is C23H31N3O3. The predicted molar refractivity (Wildman–Crippen MR) is 113 cm³/mol. The van der Waals surface area contributed by atoms with Gasteiger partial charge in [-0.2, -0.15) is 0 Å². The predicted octanol–water partition coefficient (Wildman–Crippen LogP) is 3.32. The van der Waals surface area contributed by atoms with Gasteiger partial charge in [-0.3, -0.25) is 14.5 Å². The SMILES string of the molecule is CC(C)(C)NC(=O)CN1[C@@H]2CC[C@H]1CC(CNC(=O)c1coc3ccccc13)C2. The number of amides is 2. The van der Waals surface area contributed by atoms with Gasteiger partial charge in [0, 0.05) is 29.6 Å². The van der Waals surface area contributed by atoms with E-state index in [0.29, 0.717) is 36.7 Å². The fourth-order valence-corrected chi connectivity index (χ4v) is 4.92. The van der Waals surface area contributed by atoms with E-state index in [4.69, 9.17) is 4.42 Å². The Bertz CT molecular complexity index is 884. The van der Waals surface area contributed by atoms with Crippen LogP contribution in [-0.4, -0.2) is 47.4 Å². The van der Waals surface area contributed by atoms with Gasteiger partial charge in [0.25, 0.3) is 5.91 Å². The molecule has 2 amide bonds. The van der Waals surface area contributed by atoms with Gasteiger partial charge < -0.3 is 15.1 Å². The fourth-order valence-electron chi connectivity index (χ4n) is 4.92. The molecule has 3 atom stereocenters. The van der Waals surface area contributed by atoms with Crippen molar-refractivity contribution in [3.8, 4) is 0 Å². The topological polar surface area (TPSA) is 74.6 Å². The molecule has 2 aliphatic rings. The van der Waals surface area contributed by atoms with Crippen molar-refractivity contribution in [1.29, 1.82) is 0 Å². The Labute approximate surface area is 172 Å². The fraction of sp³-hybridized carbons (Fsp3) is 0.565. The van der Waals surface area contributed by atoms with Gasteiger partial charge in [-0.1, -0.05) is 18.2 Å². The molecule has 1 unspecified atom stereocenters. The maximum atomic E-state index is 12.6. The lowest BCUT2D eigenvalue weighted by molar-refractivity contribution is -0.125. The molecule has 2 saturated heterocycles. The third-order valence-corrected chi connectivity index (χ3v) is 6.10. The van der Waals surface area contributed by atoms with Crippen molar-refractivity contribution < 1.29 is 14.0 Å². The van der Waals surface area contributed by atoms with E-state index in [1.807, 2.05) is 45.0 Å². The van der Waals surface area contributed by atoms with E-state index in [-0.39, 0.29) is 17.4 Å². The number of hydrogen-bond acceptors (Lipinski definition) is 4. The summed E-state index contributed by atoms with van der Waals surface area (Å²) < 4.78 is 5.49. The minimum atomic E-state index is -0.198. The lowest BCUT2D eigenvalue weighted by Crippen LogP contribution is -2.52. The highest BCUT2D eigenvalue weighted by Crippen LogP contribution is 2.38. The number of carbonyl (C=O) groups is 2. The maximum absolute atomic E-state index is 12.6. The van der Waals surface area contributed by atoms with Gasteiger partial charge in [-0.15, -0.1) is 0 Å². The van der Waals surface area contributed by atoms with Crippen LogP contribution in [0.3, 0.4) is 0 Å². The van der Waals surface area contributed by atoms with Gasteiger partial charge in [0.15, 0.2) is 0 Å². The minimum absolute atomic E-state index is 0.0747. The molecule has 2 N–H and O–H groups in total. The zero-order valence-corrected chi connectivity index (χ0v) is 17.5. The molecular weight excluding hydrogens is 366 g/mol. The van der Waals surface area contributed by atoms with Crippen LogP contribution in [0.1, 0.15) is 56.8 Å². The molecule has 0 spiro atoms. The summed E-state index contributed by atoms with van der Waals surface area (Å²) in [5, 5.41) is 7.03. The Hall–Kier alpha value is -2.34. The minimum Gasteiger partial charge on any atom is -0.463 e. The van der Waals surface area contributed by atoms with Crippen LogP contribution in [0.2, 0.25) is 0 Å². The number of furan rings is 1. The maximum Gasteiger partial charge on any atom is 0.255 e. The first-order valence-corrected chi connectivity index (χ1v) is 10.6. The monoisotopic (exact) mass is 397 g/mol. The second-order valence-corrected chi connectivity index (χ2v) is 9.55. The summed E-state index contributed by atoms with van der Waals surface area (Å²) in [6.07, 6.45) is 5.89. The zero-order chi connectivity index (χ0) is 20.6. The van der Waals surface area contributed by atoms with Crippen molar-refractivity contribution in [2.75, 3.05) is 13.1 Å². The third kappa shape index (κ3) is 4.47. The first kappa shape index (κ1) is 20.0. The Kier molecular flexibility index (Phi) is 5.38. The lowest BCUT2D eigenvalue weighted by atomic mass is 9.90. The first-order valence-electron chi connectivity index (χ1n) is 10.6. The van der Waals surface area contributed by atoms with Crippen LogP contribution in [-0.2, 0) is 4.79 Å². The highest BCUT2D eigenvalue weighted by molar-refractivity contribution is 6.05. The molecule has 3 heterocycles. The van der Waals surface area contributed by atoms with Crippen LogP contribution in [0.5, 0.6) is 0 Å². The number of carbonyl (C=O) groups excluding carboxylic acids is 2. The molecule has 156 valence electrons. The number of para-hydroxylation sites is 1. The third-order valence-electron chi connectivity index (χ3n) is 6.10. The molecule has 6 nitrogen and oxygen atoms in total. The Balaban J connectivity index is 1.31. The van der Waals surface area contributed by atoms with Gasteiger partial charge in [0.1, 0.15) is 11.8 Å². The van der Waals surface area contributed by atoms with Crippen molar-refractivity contribution in [2.24, 2.45) is 5.92 Å². The second-order valence-electron chi connectivity index (χ2n) is 9.55. The standard InChI is InChI=1S/C23H31N3O3/c1-23(2,3)25-21(27)13-26-16-8-9-17(26)11-15(10-16)12-24-22(28)19-14-29-20-7-5-4-6-18(19)20/h4-7,14-17H,8-13H2,1-3H3,(H,24,28)(H,25,27)/t15?,16-,17+. The van der Waals surface area contributed by atoms with Crippen molar-refractivity contribution in [3.05, 3.63) is 36.1 Å². The molecule has 2 aliphatic heterocycles. The molecule has 2 fully saturated rings. The van der Waals surface area contributed by atoms with Crippen molar-refractivity contribution in [1.82, 2.24) is 15.5 Å². The molecule has 1 aromatic heterocycles. The molecule has 2 aromatic rings. The molecule has 4 rings (SSSR count). The number of nitrogens with zero attached hydrogens (tertiary/aromatic N) is 1. The smallest absolute Gasteiger partial charge is 0.255 e. The molecule has 0 aliphatic carbocycles. The largest absolute Gasteiger partial charge is 0.463 e. The first-order chi connectivity index (χ1) is 13.8. The average molecular weight is 398 g/mol. The number of benzene rings is 1. The summed E-state index contributed by atoms with van der Waals surface area (Å²) in [5.74, 6) is 0.485. The van der Waals surface area contributed by atoms with E-state index < -0.39 is 0 Å². The number of piperidine rings is 1. The van der Waals surface area contributed by atoms with Crippen LogP contribution in [0, 0.1) is 5.92 Å². The van der Waals surface area contributed by atoms with E-state index in [0.717, 1.165) is 36.7 Å². The van der Waals surface area contributed by atoms with Crippen molar-refractivity contribution >= 4 is 22.8 Å². The van der Waals surface area contributed by atoms with E-state index in [1.54, 1.807) is 6.26 Å². The van der Waals surface area contributed by atoms with E-state index >= 15 is 0 Å². The molecule has 6 heteroatoms. The summed E-state index contributed by atoms with van der Waals surface area (Å²) in [6.45, 7) is 7.19.